The summed E-state index contributed by atoms with van der Waals surface area (Å²) in [7, 11) is 0. The van der Waals surface area contributed by atoms with Gasteiger partial charge in [-0.15, -0.1) is 0 Å². The smallest absolute Gasteiger partial charge is 0.224 e. The van der Waals surface area contributed by atoms with Crippen molar-refractivity contribution in [3.63, 3.8) is 0 Å². The Bertz CT molecular complexity index is 407. The van der Waals surface area contributed by atoms with Crippen LogP contribution in [0.2, 0.25) is 0 Å². The lowest BCUT2D eigenvalue weighted by molar-refractivity contribution is -0.410. The van der Waals surface area contributed by atoms with Crippen LogP contribution < -0.4 is 0 Å². The Kier molecular flexibility index (Phi) is 6.46. The largest absolute Gasteiger partial charge is 0.394 e. The lowest BCUT2D eigenvalue weighted by Gasteiger charge is -2.43. The predicted octanol–water partition coefficient (Wildman–Crippen LogP) is -4.90. The van der Waals surface area contributed by atoms with Gasteiger partial charge in [-0.05, 0) is 0 Å². The van der Waals surface area contributed by atoms with Crippen LogP contribution in [-0.2, 0) is 19.1 Å². The van der Waals surface area contributed by atoms with Crippen LogP contribution in [0.3, 0.4) is 0 Å². The molecule has 0 aromatic rings. The van der Waals surface area contributed by atoms with Crippen molar-refractivity contribution < 1.29 is 60.1 Å². The van der Waals surface area contributed by atoms with Crippen LogP contribution in [-0.4, -0.2) is 116 Å². The zero-order valence-corrected chi connectivity index (χ0v) is 12.5. The van der Waals surface area contributed by atoms with Gasteiger partial charge in [0.25, 0.3) is 0 Å². The summed E-state index contributed by atoms with van der Waals surface area (Å²) >= 11 is 0. The van der Waals surface area contributed by atoms with Crippen molar-refractivity contribution in [3.8, 4) is 0 Å². The van der Waals surface area contributed by atoms with Crippen LogP contribution in [0, 0.1) is 0 Å². The molecule has 0 saturated carbocycles. The van der Waals surface area contributed by atoms with Gasteiger partial charge in [-0.1, -0.05) is 0 Å². The highest BCUT2D eigenvalue weighted by Crippen LogP contribution is 2.36. The minimum Gasteiger partial charge on any atom is -0.394 e. The van der Waals surface area contributed by atoms with Gasteiger partial charge in [0.05, 0.1) is 13.2 Å². The highest BCUT2D eigenvalue weighted by atomic mass is 17.1. The lowest BCUT2D eigenvalue weighted by atomic mass is 9.99. The third-order valence-electron chi connectivity index (χ3n) is 4.16. The molecule has 0 aromatic heterocycles. The van der Waals surface area contributed by atoms with Gasteiger partial charge in [-0.25, -0.2) is 4.89 Å². The molecule has 2 fully saturated rings. The zero-order valence-electron chi connectivity index (χ0n) is 12.5. The number of aliphatic hydroxyl groups is 7. The first-order chi connectivity index (χ1) is 11.3. The van der Waals surface area contributed by atoms with E-state index in [1.54, 1.807) is 0 Å². The Balaban J connectivity index is 2.18. The second-order valence-electron chi connectivity index (χ2n) is 5.64. The van der Waals surface area contributed by atoms with Crippen molar-refractivity contribution in [2.75, 3.05) is 19.8 Å². The number of hydrogen-bond acceptors (Lipinski definition) is 12. The number of hydrogen-bond donors (Lipinski definition) is 8. The summed E-state index contributed by atoms with van der Waals surface area (Å²) in [5.74, 6) is -2.24. The fourth-order valence-corrected chi connectivity index (χ4v) is 2.75. The number of ether oxygens (including phenoxy) is 3. The van der Waals surface area contributed by atoms with Crippen LogP contribution in [0.25, 0.3) is 0 Å². The topological polar surface area (TPSA) is 199 Å². The first-order valence-electron chi connectivity index (χ1n) is 7.21. The molecule has 2 saturated heterocycles. The highest BCUT2D eigenvalue weighted by molar-refractivity contribution is 4.98. The fraction of sp³-hybridized carbons (Fsp3) is 1.00. The highest BCUT2D eigenvalue weighted by Gasteiger charge is 2.58. The van der Waals surface area contributed by atoms with E-state index in [4.69, 9.17) is 24.6 Å². The van der Waals surface area contributed by atoms with E-state index in [1.165, 1.54) is 0 Å². The predicted molar refractivity (Wildman–Crippen MR) is 70.1 cm³/mol. The van der Waals surface area contributed by atoms with Crippen molar-refractivity contribution in [2.24, 2.45) is 0 Å². The van der Waals surface area contributed by atoms with Gasteiger partial charge in [0.2, 0.25) is 5.79 Å². The molecule has 8 N–H and O–H groups in total. The second kappa shape index (κ2) is 7.82. The van der Waals surface area contributed by atoms with E-state index in [-0.39, 0.29) is 0 Å². The molecule has 0 unspecified atom stereocenters. The van der Waals surface area contributed by atoms with E-state index in [0.717, 1.165) is 0 Å². The third kappa shape index (κ3) is 3.29. The van der Waals surface area contributed by atoms with E-state index >= 15 is 0 Å². The standard InChI is InChI=1S/C12H22O12/c13-1-4-6(16)10(19)12(3-15,22-4)23-11-8(18)7(17)9(24-20)5(2-14)21-11/h4-11,13-20H,1-3H2/t4-,5-,6-,7-,8-,9-,10+,11-,12+/m1/s1. The summed E-state index contributed by atoms with van der Waals surface area (Å²) in [5.41, 5.74) is 0. The quantitative estimate of drug-likeness (QED) is 0.166. The third-order valence-corrected chi connectivity index (χ3v) is 4.16. The molecular weight excluding hydrogens is 336 g/mol. The summed E-state index contributed by atoms with van der Waals surface area (Å²) < 4.78 is 15.5. The molecular formula is C12H22O12. The Morgan fingerprint density at radius 2 is 1.50 bits per heavy atom. The zero-order chi connectivity index (χ0) is 18.1. The molecule has 0 bridgehead atoms. The first-order valence-corrected chi connectivity index (χ1v) is 7.21. The Morgan fingerprint density at radius 1 is 0.875 bits per heavy atom. The van der Waals surface area contributed by atoms with Crippen LogP contribution in [0.1, 0.15) is 0 Å². The maximum absolute atomic E-state index is 10.0. The maximum Gasteiger partial charge on any atom is 0.224 e. The molecule has 2 heterocycles. The molecule has 2 rings (SSSR count). The van der Waals surface area contributed by atoms with E-state index in [1.807, 2.05) is 0 Å². The van der Waals surface area contributed by atoms with Crippen molar-refractivity contribution >= 4 is 0 Å². The van der Waals surface area contributed by atoms with Crippen LogP contribution in [0.15, 0.2) is 0 Å². The summed E-state index contributed by atoms with van der Waals surface area (Å²) in [5, 5.41) is 76.2. The Morgan fingerprint density at radius 3 is 1.96 bits per heavy atom. The normalized spacial score (nSPS) is 49.5. The van der Waals surface area contributed by atoms with Gasteiger partial charge in [0, 0.05) is 0 Å². The molecule has 24 heavy (non-hydrogen) atoms. The monoisotopic (exact) mass is 358 g/mol. The molecule has 12 heteroatoms. The van der Waals surface area contributed by atoms with E-state index in [0.29, 0.717) is 0 Å². The van der Waals surface area contributed by atoms with Crippen LogP contribution >= 0.6 is 0 Å². The molecule has 0 spiro atoms. The molecule has 0 amide bonds. The molecule has 0 aliphatic carbocycles. The molecule has 9 atom stereocenters. The van der Waals surface area contributed by atoms with Crippen molar-refractivity contribution in [1.29, 1.82) is 0 Å². The summed E-state index contributed by atoms with van der Waals surface area (Å²) in [4.78, 5) is 3.97. The van der Waals surface area contributed by atoms with Crippen molar-refractivity contribution in [2.45, 2.75) is 54.8 Å². The molecule has 12 nitrogen and oxygen atoms in total. The first kappa shape index (κ1) is 19.8. The lowest BCUT2D eigenvalue weighted by Crippen LogP contribution is -2.63. The Labute approximate surface area is 135 Å². The summed E-state index contributed by atoms with van der Waals surface area (Å²) in [6, 6.07) is 0. The van der Waals surface area contributed by atoms with Crippen LogP contribution in [0.5, 0.6) is 0 Å². The summed E-state index contributed by atoms with van der Waals surface area (Å²) in [6.07, 6.45) is -12.7. The summed E-state index contributed by atoms with van der Waals surface area (Å²) in [6.45, 7) is -2.37. The number of aliphatic hydroxyl groups excluding tert-OH is 7. The molecule has 0 radical (unpaired) electrons. The van der Waals surface area contributed by atoms with Gasteiger partial charge in [-0.2, -0.15) is 0 Å². The average molecular weight is 358 g/mol. The van der Waals surface area contributed by atoms with Gasteiger partial charge in [0.15, 0.2) is 6.29 Å². The van der Waals surface area contributed by atoms with E-state index in [2.05, 4.69) is 4.89 Å². The van der Waals surface area contributed by atoms with E-state index in [9.17, 15) is 30.6 Å². The van der Waals surface area contributed by atoms with Crippen molar-refractivity contribution in [3.05, 3.63) is 0 Å². The fourth-order valence-electron chi connectivity index (χ4n) is 2.75. The second-order valence-corrected chi connectivity index (χ2v) is 5.64. The molecule has 142 valence electrons. The minimum absolute atomic E-state index is 0.681. The molecule has 0 aromatic carbocycles. The van der Waals surface area contributed by atoms with Gasteiger partial charge >= 0.3 is 0 Å². The van der Waals surface area contributed by atoms with Gasteiger partial charge in [0.1, 0.15) is 49.3 Å². The van der Waals surface area contributed by atoms with Crippen LogP contribution in [0.4, 0.5) is 0 Å². The van der Waals surface area contributed by atoms with Gasteiger partial charge < -0.3 is 50.0 Å². The Hall–Kier alpha value is -0.480. The number of rotatable bonds is 6. The average Bonchev–Trinajstić information content (AvgIpc) is 2.83. The molecule has 2 aliphatic rings. The maximum atomic E-state index is 10.0. The SMILES string of the molecule is OC[C@H]1O[C@@](CO)(O[C@H]2O[C@H](CO)[C@@H](OO)[C@H](O)[C@H]2O)[C@@H](O)[C@@H]1O. The van der Waals surface area contributed by atoms with E-state index < -0.39 is 74.6 Å². The minimum atomic E-state index is -2.24. The van der Waals surface area contributed by atoms with Gasteiger partial charge in [-0.3, -0.25) is 5.26 Å². The van der Waals surface area contributed by atoms with Crippen molar-refractivity contribution in [1.82, 2.24) is 0 Å². The molecule has 2 aliphatic heterocycles.